The van der Waals surface area contributed by atoms with E-state index in [-0.39, 0.29) is 6.54 Å². The maximum Gasteiger partial charge on any atom is 0.323 e. The number of hydrogen-bond acceptors (Lipinski definition) is 4. The number of nitrogens with two attached hydrogens (primary N) is 1. The minimum atomic E-state index is -0.893. The van der Waals surface area contributed by atoms with E-state index in [9.17, 15) is 4.79 Å². The first kappa shape index (κ1) is 11.2. The summed E-state index contributed by atoms with van der Waals surface area (Å²) in [7, 11) is 1.69. The SMILES string of the molecule is CN(CC(=O)O)c1nccc2c(N)cccc12. The summed E-state index contributed by atoms with van der Waals surface area (Å²) >= 11 is 0. The molecular formula is C12H13N3O2. The van der Waals surface area contributed by atoms with E-state index in [2.05, 4.69) is 4.98 Å². The second-order valence-electron chi connectivity index (χ2n) is 3.83. The molecule has 0 atom stereocenters. The van der Waals surface area contributed by atoms with E-state index < -0.39 is 5.97 Å². The maximum atomic E-state index is 10.7. The molecular weight excluding hydrogens is 218 g/mol. The van der Waals surface area contributed by atoms with Crippen LogP contribution in [0.3, 0.4) is 0 Å². The smallest absolute Gasteiger partial charge is 0.323 e. The van der Waals surface area contributed by atoms with Crippen molar-refractivity contribution in [2.75, 3.05) is 24.2 Å². The highest BCUT2D eigenvalue weighted by Crippen LogP contribution is 2.27. The van der Waals surface area contributed by atoms with Gasteiger partial charge in [-0.15, -0.1) is 0 Å². The van der Waals surface area contributed by atoms with Crippen LogP contribution in [0.5, 0.6) is 0 Å². The van der Waals surface area contributed by atoms with Gasteiger partial charge in [0.05, 0.1) is 0 Å². The van der Waals surface area contributed by atoms with Crippen molar-refractivity contribution < 1.29 is 9.90 Å². The van der Waals surface area contributed by atoms with E-state index >= 15 is 0 Å². The predicted octanol–water partition coefficient (Wildman–Crippen LogP) is 1.34. The van der Waals surface area contributed by atoms with E-state index in [0.29, 0.717) is 11.5 Å². The van der Waals surface area contributed by atoms with Gasteiger partial charge in [0.2, 0.25) is 0 Å². The van der Waals surface area contributed by atoms with Gasteiger partial charge in [-0.2, -0.15) is 0 Å². The van der Waals surface area contributed by atoms with Crippen molar-refractivity contribution in [2.24, 2.45) is 0 Å². The van der Waals surface area contributed by atoms with Crippen molar-refractivity contribution in [1.82, 2.24) is 4.98 Å². The molecule has 1 aromatic carbocycles. The molecule has 1 heterocycles. The third-order valence-electron chi connectivity index (χ3n) is 2.55. The van der Waals surface area contributed by atoms with Gasteiger partial charge < -0.3 is 15.7 Å². The predicted molar refractivity (Wildman–Crippen MR) is 67.1 cm³/mol. The van der Waals surface area contributed by atoms with Crippen molar-refractivity contribution in [3.8, 4) is 0 Å². The summed E-state index contributed by atoms with van der Waals surface area (Å²) < 4.78 is 0. The average Bonchev–Trinajstić information content (AvgIpc) is 2.28. The first-order valence-corrected chi connectivity index (χ1v) is 5.15. The second-order valence-corrected chi connectivity index (χ2v) is 3.83. The fourth-order valence-electron chi connectivity index (χ4n) is 1.80. The lowest BCUT2D eigenvalue weighted by Gasteiger charge is -2.17. The average molecular weight is 231 g/mol. The number of carbonyl (C=O) groups is 1. The van der Waals surface area contributed by atoms with Gasteiger partial charge in [0, 0.05) is 29.7 Å². The fourth-order valence-corrected chi connectivity index (χ4v) is 1.80. The zero-order chi connectivity index (χ0) is 12.4. The molecule has 0 unspecified atom stereocenters. The fraction of sp³-hybridized carbons (Fsp3) is 0.167. The molecule has 0 aliphatic heterocycles. The highest BCUT2D eigenvalue weighted by atomic mass is 16.4. The number of hydrogen-bond donors (Lipinski definition) is 2. The summed E-state index contributed by atoms with van der Waals surface area (Å²) in [4.78, 5) is 16.5. The zero-order valence-electron chi connectivity index (χ0n) is 9.42. The maximum absolute atomic E-state index is 10.7. The largest absolute Gasteiger partial charge is 0.480 e. The van der Waals surface area contributed by atoms with Gasteiger partial charge in [0.25, 0.3) is 0 Å². The van der Waals surface area contributed by atoms with Crippen molar-refractivity contribution >= 4 is 28.2 Å². The van der Waals surface area contributed by atoms with Crippen LogP contribution in [-0.2, 0) is 4.79 Å². The lowest BCUT2D eigenvalue weighted by Crippen LogP contribution is -2.26. The number of likely N-dealkylation sites (N-methyl/N-ethyl adjacent to an activating group) is 1. The number of carboxylic acids is 1. The third-order valence-corrected chi connectivity index (χ3v) is 2.55. The monoisotopic (exact) mass is 231 g/mol. The molecule has 17 heavy (non-hydrogen) atoms. The molecule has 2 rings (SSSR count). The number of aliphatic carboxylic acids is 1. The number of anilines is 2. The number of nitrogen functional groups attached to an aromatic ring is 1. The van der Waals surface area contributed by atoms with Crippen molar-refractivity contribution in [2.45, 2.75) is 0 Å². The van der Waals surface area contributed by atoms with Gasteiger partial charge in [-0.05, 0) is 12.1 Å². The normalized spacial score (nSPS) is 10.4. The summed E-state index contributed by atoms with van der Waals surface area (Å²) in [5.41, 5.74) is 6.53. The van der Waals surface area contributed by atoms with Gasteiger partial charge in [0.15, 0.2) is 0 Å². The molecule has 88 valence electrons. The number of benzene rings is 1. The third kappa shape index (κ3) is 2.13. The number of fused-ring (bicyclic) bond motifs is 1. The lowest BCUT2D eigenvalue weighted by atomic mass is 10.1. The van der Waals surface area contributed by atoms with Crippen LogP contribution < -0.4 is 10.6 Å². The molecule has 2 aromatic rings. The van der Waals surface area contributed by atoms with Crippen molar-refractivity contribution in [1.29, 1.82) is 0 Å². The first-order chi connectivity index (χ1) is 8.09. The van der Waals surface area contributed by atoms with Crippen LogP contribution in [0, 0.1) is 0 Å². The standard InChI is InChI=1S/C12H13N3O2/c1-15(7-11(16)17)12-9-3-2-4-10(13)8(9)5-6-14-12/h2-6H,7,13H2,1H3,(H,16,17). The van der Waals surface area contributed by atoms with Gasteiger partial charge in [-0.1, -0.05) is 12.1 Å². The minimum absolute atomic E-state index is 0.0963. The molecule has 0 spiro atoms. The first-order valence-electron chi connectivity index (χ1n) is 5.15. The van der Waals surface area contributed by atoms with Crippen LogP contribution in [0.25, 0.3) is 10.8 Å². The quantitative estimate of drug-likeness (QED) is 0.779. The number of carboxylic acid groups (broad SMARTS) is 1. The molecule has 0 radical (unpaired) electrons. The zero-order valence-corrected chi connectivity index (χ0v) is 9.42. The van der Waals surface area contributed by atoms with Crippen LogP contribution in [0.1, 0.15) is 0 Å². The molecule has 0 aliphatic rings. The summed E-state index contributed by atoms with van der Waals surface area (Å²) in [6, 6.07) is 7.34. The molecule has 0 amide bonds. The van der Waals surface area contributed by atoms with E-state index in [0.717, 1.165) is 10.8 Å². The molecule has 0 saturated carbocycles. The number of aromatic nitrogens is 1. The Hall–Kier alpha value is -2.30. The number of nitrogens with zero attached hydrogens (tertiary/aromatic N) is 2. The molecule has 5 heteroatoms. The Bertz CT molecular complexity index is 569. The van der Waals surface area contributed by atoms with Crippen LogP contribution >= 0.6 is 0 Å². The summed E-state index contributed by atoms with van der Waals surface area (Å²) in [6.07, 6.45) is 1.63. The number of rotatable bonds is 3. The highest BCUT2D eigenvalue weighted by Gasteiger charge is 2.11. The topological polar surface area (TPSA) is 79.5 Å². The number of pyridine rings is 1. The molecule has 0 bridgehead atoms. The Morgan fingerprint density at radius 3 is 2.88 bits per heavy atom. The van der Waals surface area contributed by atoms with E-state index in [1.165, 1.54) is 0 Å². The minimum Gasteiger partial charge on any atom is -0.480 e. The van der Waals surface area contributed by atoms with Crippen LogP contribution in [0.2, 0.25) is 0 Å². The van der Waals surface area contributed by atoms with Gasteiger partial charge >= 0.3 is 5.97 Å². The van der Waals surface area contributed by atoms with Crippen LogP contribution in [0.4, 0.5) is 11.5 Å². The van der Waals surface area contributed by atoms with Gasteiger partial charge in [-0.3, -0.25) is 4.79 Å². The highest BCUT2D eigenvalue weighted by molar-refractivity contribution is 5.99. The Labute approximate surface area is 98.5 Å². The molecule has 0 saturated heterocycles. The van der Waals surface area contributed by atoms with E-state index in [4.69, 9.17) is 10.8 Å². The van der Waals surface area contributed by atoms with Crippen molar-refractivity contribution in [3.63, 3.8) is 0 Å². The Kier molecular flexibility index (Phi) is 2.82. The summed E-state index contributed by atoms with van der Waals surface area (Å²) in [5, 5.41) is 10.5. The molecule has 0 aliphatic carbocycles. The summed E-state index contributed by atoms with van der Waals surface area (Å²) in [5.74, 6) is -0.271. The molecule has 0 fully saturated rings. The molecule has 1 aromatic heterocycles. The molecule has 3 N–H and O–H groups in total. The Morgan fingerprint density at radius 1 is 1.41 bits per heavy atom. The van der Waals surface area contributed by atoms with Crippen molar-refractivity contribution in [3.05, 3.63) is 30.5 Å². The van der Waals surface area contributed by atoms with Gasteiger partial charge in [0.1, 0.15) is 12.4 Å². The van der Waals surface area contributed by atoms with Gasteiger partial charge in [-0.25, -0.2) is 4.98 Å². The van der Waals surface area contributed by atoms with Crippen LogP contribution in [-0.4, -0.2) is 29.7 Å². The summed E-state index contributed by atoms with van der Waals surface area (Å²) in [6.45, 7) is -0.0963. The second kappa shape index (κ2) is 4.29. The molecule has 5 nitrogen and oxygen atoms in total. The van der Waals surface area contributed by atoms with Crippen LogP contribution in [0.15, 0.2) is 30.5 Å². The lowest BCUT2D eigenvalue weighted by molar-refractivity contribution is -0.135. The Balaban J connectivity index is 2.54. The Morgan fingerprint density at radius 2 is 2.18 bits per heavy atom. The van der Waals surface area contributed by atoms with E-state index in [1.807, 2.05) is 24.3 Å². The van der Waals surface area contributed by atoms with E-state index in [1.54, 1.807) is 18.1 Å².